The highest BCUT2D eigenvalue weighted by Crippen LogP contribution is 2.15. The molecule has 0 spiro atoms. The lowest BCUT2D eigenvalue weighted by Crippen LogP contribution is -2.21. The second-order valence-corrected chi connectivity index (χ2v) is 16.7. The van der Waals surface area contributed by atoms with E-state index in [0.29, 0.717) is 18.3 Å². The molecule has 0 atom stereocenters. The fraction of sp³-hybridized carbons (Fsp3) is 0.489. The number of aliphatic carboxylic acids is 2. The van der Waals surface area contributed by atoms with Gasteiger partial charge in [0.15, 0.2) is 0 Å². The van der Waals surface area contributed by atoms with Gasteiger partial charge in [0.1, 0.15) is 11.7 Å². The largest absolute Gasteiger partial charge is 0.490 e. The third-order valence-corrected chi connectivity index (χ3v) is 10.0. The Hall–Kier alpha value is -3.76. The molecule has 0 aromatic heterocycles. The van der Waals surface area contributed by atoms with Crippen LogP contribution >= 0.6 is 60.2 Å². The molecule has 12 nitrogen and oxygen atoms in total. The van der Waals surface area contributed by atoms with E-state index in [4.69, 9.17) is 52.9 Å². The molecule has 0 bridgehead atoms. The Morgan fingerprint density at radius 3 is 1.01 bits per heavy atom. The van der Waals surface area contributed by atoms with Gasteiger partial charge in [-0.15, -0.1) is 12.4 Å². The average molecular weight is 1170 g/mol. The van der Waals surface area contributed by atoms with Crippen molar-refractivity contribution in [2.75, 3.05) is 32.8 Å². The first-order valence-corrected chi connectivity index (χ1v) is 23.6. The molecule has 0 radical (unpaired) electrons. The summed E-state index contributed by atoms with van der Waals surface area (Å²) in [5.74, 6) is -4.04. The zero-order chi connectivity index (χ0) is 50.4. The zero-order valence-electron chi connectivity index (χ0n) is 37.5. The molecule has 0 heterocycles. The Bertz CT molecular complexity index is 1710. The first-order chi connectivity index (χ1) is 31.1. The number of amidine groups is 2. The Labute approximate surface area is 421 Å². The first-order valence-electron chi connectivity index (χ1n) is 21.2. The van der Waals surface area contributed by atoms with Crippen molar-refractivity contribution in [3.63, 3.8) is 0 Å². The van der Waals surface area contributed by atoms with E-state index in [1.54, 1.807) is 0 Å². The van der Waals surface area contributed by atoms with E-state index in [2.05, 4.69) is 57.8 Å². The Balaban J connectivity index is -0.000000887. The van der Waals surface area contributed by atoms with Gasteiger partial charge in [-0.05, 0) is 94.2 Å². The number of benzene rings is 3. The van der Waals surface area contributed by atoms with Crippen molar-refractivity contribution < 1.29 is 50.9 Å². The van der Waals surface area contributed by atoms with Crippen molar-refractivity contribution in [3.05, 3.63) is 103 Å². The normalized spacial score (nSPS) is 11.1. The lowest BCUT2D eigenvalue weighted by molar-refractivity contribution is -0.193. The number of hydrogen-bond donors (Lipinski definition) is 7. The van der Waals surface area contributed by atoms with Gasteiger partial charge in [0.25, 0.3) is 0 Å². The highest BCUT2D eigenvalue weighted by atomic mass is 79.9. The summed E-state index contributed by atoms with van der Waals surface area (Å²) in [5.41, 5.74) is 25.6. The maximum absolute atomic E-state index is 10.6. The van der Waals surface area contributed by atoms with Crippen LogP contribution in [0.1, 0.15) is 114 Å². The number of alkyl halides is 6. The number of halogens is 10. The number of hydrogen-bond acceptors (Lipinski definition) is 8. The summed E-state index contributed by atoms with van der Waals surface area (Å²) in [6.45, 7) is 5.70. The monoisotopic (exact) mass is 1170 g/mol. The van der Waals surface area contributed by atoms with Crippen molar-refractivity contribution in [1.82, 2.24) is 0 Å². The minimum Gasteiger partial charge on any atom is -0.478 e. The van der Waals surface area contributed by atoms with E-state index in [1.807, 2.05) is 79.7 Å². The molecule has 3 rings (SSSR count). The molecule has 0 aliphatic carbocycles. The number of carboxylic acids is 2. The number of ether oxygens (including phenoxy) is 1. The van der Waals surface area contributed by atoms with Crippen LogP contribution in [-0.4, -0.2) is 84.9 Å². The molecule has 380 valence electrons. The molecular formula is C45H65Br3ClF6N7O5. The highest BCUT2D eigenvalue weighted by Gasteiger charge is 2.38. The van der Waals surface area contributed by atoms with Crippen molar-refractivity contribution in [1.29, 1.82) is 5.41 Å². The summed E-state index contributed by atoms with van der Waals surface area (Å²) in [4.78, 5) is 26.7. The standard InChI is InChI=1S/C23H30Br2N4.C9H10BrNO.C9H22N2.2C2HF3O2.ClH/c24-20-12-8-18(9-13-20)22(26)28-16-6-4-2-1-3-5-7-17-29-23(27)19-10-14-21(25)15-11-19;1-2-12-9(11)7-3-5-8(10)6-4-7;10-8-6-4-2-1-3-5-7-9-11;2*3-2(4,5)1(6)7;/h8-15H,1-7,16-17H2,(H2,26,28)(H2,27,29);3-6,11H,2H2,1H3;1-11H2;2*(H,6,7);1H. The minimum absolute atomic E-state index is 0. The summed E-state index contributed by atoms with van der Waals surface area (Å²) in [7, 11) is 0. The van der Waals surface area contributed by atoms with Crippen LogP contribution in [0, 0.1) is 5.41 Å². The van der Waals surface area contributed by atoms with Crippen LogP contribution < -0.4 is 22.9 Å². The number of unbranched alkanes of at least 4 members (excludes halogenated alkanes) is 12. The second kappa shape index (κ2) is 41.2. The molecule has 67 heavy (non-hydrogen) atoms. The highest BCUT2D eigenvalue weighted by molar-refractivity contribution is 9.11. The maximum Gasteiger partial charge on any atom is 0.490 e. The summed E-state index contributed by atoms with van der Waals surface area (Å²) >= 11 is 10.2. The van der Waals surface area contributed by atoms with Gasteiger partial charge >= 0.3 is 24.3 Å². The molecule has 0 unspecified atom stereocenters. The topological polar surface area (TPSA) is 236 Å². The Morgan fingerprint density at radius 1 is 0.537 bits per heavy atom. The molecule has 22 heteroatoms. The van der Waals surface area contributed by atoms with Gasteiger partial charge in [0.2, 0.25) is 5.90 Å². The number of nitrogens with zero attached hydrogens (tertiary/aromatic N) is 2. The van der Waals surface area contributed by atoms with Gasteiger partial charge in [-0.3, -0.25) is 15.4 Å². The molecule has 0 aliphatic rings. The van der Waals surface area contributed by atoms with Gasteiger partial charge in [-0.2, -0.15) is 26.3 Å². The average Bonchev–Trinajstić information content (AvgIpc) is 3.26. The number of rotatable bonds is 22. The quantitative estimate of drug-likeness (QED) is 0.0219. The van der Waals surface area contributed by atoms with Crippen LogP contribution in [0.4, 0.5) is 26.3 Å². The molecule has 0 amide bonds. The molecule has 0 saturated carbocycles. The minimum atomic E-state index is -5.08. The van der Waals surface area contributed by atoms with Crippen molar-refractivity contribution in [3.8, 4) is 0 Å². The summed E-state index contributed by atoms with van der Waals surface area (Å²) in [6, 6.07) is 23.4. The molecule has 0 fully saturated rings. The van der Waals surface area contributed by atoms with Crippen molar-refractivity contribution >= 4 is 89.7 Å². The fourth-order valence-electron chi connectivity index (χ4n) is 4.93. The fourth-order valence-corrected chi connectivity index (χ4v) is 5.72. The molecule has 3 aromatic rings. The SMILES string of the molecule is CCOC(=N)c1ccc(Br)cc1.Cl.NC(=NCCCCCCCCCN=C(N)c1ccc(Br)cc1)c1ccc(Br)cc1.NCCCCCCCCCN.O=C(O)C(F)(F)F.O=C(O)C(F)(F)F. The van der Waals surface area contributed by atoms with Gasteiger partial charge < -0.3 is 37.9 Å². The van der Waals surface area contributed by atoms with Gasteiger partial charge in [-0.1, -0.05) is 136 Å². The number of aliphatic imine (C=N–C) groups is 2. The van der Waals surface area contributed by atoms with E-state index in [1.165, 1.54) is 77.0 Å². The van der Waals surface area contributed by atoms with E-state index in [-0.39, 0.29) is 18.3 Å². The Kier molecular flexibility index (Phi) is 41.5. The van der Waals surface area contributed by atoms with E-state index in [9.17, 15) is 26.3 Å². The predicted octanol–water partition coefficient (Wildman–Crippen LogP) is 12.2. The Morgan fingerprint density at radius 2 is 0.776 bits per heavy atom. The lowest BCUT2D eigenvalue weighted by Gasteiger charge is -2.03. The van der Waals surface area contributed by atoms with E-state index in [0.717, 1.165) is 69.1 Å². The van der Waals surface area contributed by atoms with E-state index < -0.39 is 24.3 Å². The van der Waals surface area contributed by atoms with E-state index >= 15 is 0 Å². The van der Waals surface area contributed by atoms with Gasteiger partial charge in [0, 0.05) is 43.2 Å². The van der Waals surface area contributed by atoms with Crippen LogP contribution in [0.15, 0.2) is 96.2 Å². The summed E-state index contributed by atoms with van der Waals surface area (Å²) < 4.78 is 71.6. The van der Waals surface area contributed by atoms with Crippen LogP contribution in [-0.2, 0) is 14.3 Å². The molecule has 3 aromatic carbocycles. The third kappa shape index (κ3) is 39.9. The van der Waals surface area contributed by atoms with Crippen LogP contribution in [0.2, 0.25) is 0 Å². The molecule has 0 saturated heterocycles. The van der Waals surface area contributed by atoms with Gasteiger partial charge in [0.05, 0.1) is 6.61 Å². The number of carbonyl (C=O) groups is 2. The number of nitrogens with two attached hydrogens (primary N) is 4. The van der Waals surface area contributed by atoms with Crippen LogP contribution in [0.3, 0.4) is 0 Å². The third-order valence-electron chi connectivity index (χ3n) is 8.45. The maximum atomic E-state index is 10.6. The molecule has 11 N–H and O–H groups in total. The lowest BCUT2D eigenvalue weighted by atomic mass is 10.1. The van der Waals surface area contributed by atoms with Crippen molar-refractivity contribution in [2.45, 2.75) is 109 Å². The smallest absolute Gasteiger partial charge is 0.478 e. The van der Waals surface area contributed by atoms with Crippen LogP contribution in [0.25, 0.3) is 0 Å². The van der Waals surface area contributed by atoms with Gasteiger partial charge in [-0.25, -0.2) is 9.59 Å². The number of carboxylic acid groups (broad SMARTS) is 2. The predicted molar refractivity (Wildman–Crippen MR) is 269 cm³/mol. The van der Waals surface area contributed by atoms with Crippen molar-refractivity contribution in [2.24, 2.45) is 32.9 Å². The summed E-state index contributed by atoms with van der Waals surface area (Å²) in [5, 5.41) is 21.7. The molecular weight excluding hydrogens is 1110 g/mol. The number of nitrogens with one attached hydrogen (secondary N) is 1. The zero-order valence-corrected chi connectivity index (χ0v) is 43.1. The first kappa shape index (κ1) is 67.5. The van der Waals surface area contributed by atoms with Crippen LogP contribution in [0.5, 0.6) is 0 Å². The summed E-state index contributed by atoms with van der Waals surface area (Å²) in [6.07, 6.45) is 7.22. The molecule has 0 aliphatic heterocycles. The second-order valence-electron chi connectivity index (χ2n) is 13.9.